The Bertz CT molecular complexity index is 1100. The van der Waals surface area contributed by atoms with E-state index in [0.29, 0.717) is 32.2 Å². The van der Waals surface area contributed by atoms with Crippen LogP contribution in [0.5, 0.6) is 5.75 Å². The Hall–Kier alpha value is -2.25. The van der Waals surface area contributed by atoms with E-state index >= 15 is 0 Å². The summed E-state index contributed by atoms with van der Waals surface area (Å²) in [5, 5.41) is 3.51. The highest BCUT2D eigenvalue weighted by atomic mass is 79.9. The van der Waals surface area contributed by atoms with Gasteiger partial charge in [0.25, 0.3) is 0 Å². The molecule has 1 amide bonds. The van der Waals surface area contributed by atoms with Crippen LogP contribution in [0.1, 0.15) is 68.6 Å². The number of rotatable bonds is 9. The highest BCUT2D eigenvalue weighted by molar-refractivity contribution is 9.10. The summed E-state index contributed by atoms with van der Waals surface area (Å²) in [6, 6.07) is 12.4. The minimum absolute atomic E-state index is 0.0878. The number of nitrogens with two attached hydrogens (primary N) is 1. The van der Waals surface area contributed by atoms with E-state index in [2.05, 4.69) is 34.2 Å². The van der Waals surface area contributed by atoms with E-state index in [9.17, 15) is 4.79 Å². The van der Waals surface area contributed by atoms with Crippen molar-refractivity contribution in [3.63, 3.8) is 0 Å². The van der Waals surface area contributed by atoms with Crippen molar-refractivity contribution in [1.82, 2.24) is 4.90 Å². The number of piperidine rings is 1. The van der Waals surface area contributed by atoms with Crippen LogP contribution >= 0.6 is 15.9 Å². The van der Waals surface area contributed by atoms with Crippen LogP contribution in [0.25, 0.3) is 0 Å². The highest BCUT2D eigenvalue weighted by Crippen LogP contribution is 2.58. The van der Waals surface area contributed by atoms with Gasteiger partial charge in [0, 0.05) is 35.6 Å². The quantitative estimate of drug-likeness (QED) is 0.342. The second-order valence-corrected chi connectivity index (χ2v) is 11.6. The maximum absolute atomic E-state index is 13.4. The van der Waals surface area contributed by atoms with Crippen molar-refractivity contribution < 1.29 is 14.3 Å². The number of ether oxygens (including phenoxy) is 2. The van der Waals surface area contributed by atoms with Gasteiger partial charge >= 0.3 is 6.09 Å². The van der Waals surface area contributed by atoms with Crippen molar-refractivity contribution in [3.05, 3.63) is 57.6 Å². The first-order valence-corrected chi connectivity index (χ1v) is 14.8. The molecule has 0 radical (unpaired) electrons. The molecule has 0 spiro atoms. The molecule has 200 valence electrons. The molecule has 2 bridgehead atoms. The van der Waals surface area contributed by atoms with E-state index in [1.807, 2.05) is 35.2 Å². The largest absolute Gasteiger partial charge is 0.491 e. The lowest BCUT2D eigenvalue weighted by molar-refractivity contribution is -0.0138. The van der Waals surface area contributed by atoms with Gasteiger partial charge in [0.05, 0.1) is 12.3 Å². The van der Waals surface area contributed by atoms with Gasteiger partial charge in [-0.1, -0.05) is 56.5 Å². The van der Waals surface area contributed by atoms with Gasteiger partial charge in [-0.25, -0.2) is 4.79 Å². The summed E-state index contributed by atoms with van der Waals surface area (Å²) in [6.45, 7) is 5.17. The van der Waals surface area contributed by atoms with Crippen LogP contribution in [0.2, 0.25) is 0 Å². The fourth-order valence-corrected chi connectivity index (χ4v) is 7.62. The molecule has 2 fully saturated rings. The normalized spacial score (nSPS) is 24.1. The lowest BCUT2D eigenvalue weighted by Crippen LogP contribution is -2.62. The number of benzene rings is 2. The van der Waals surface area contributed by atoms with Gasteiger partial charge in [-0.15, -0.1) is 0 Å². The average molecular weight is 571 g/mol. The second kappa shape index (κ2) is 11.6. The van der Waals surface area contributed by atoms with E-state index in [0.717, 1.165) is 60.1 Å². The number of carbonyl (C=O) groups is 1. The fraction of sp³-hybridized carbons (Fsp3) is 0.567. The first kappa shape index (κ1) is 26.4. The number of amides is 1. The Kier molecular flexibility index (Phi) is 8.30. The van der Waals surface area contributed by atoms with Crippen molar-refractivity contribution in [3.8, 4) is 5.75 Å². The van der Waals surface area contributed by atoms with Gasteiger partial charge in [0.1, 0.15) is 12.4 Å². The molecule has 2 aliphatic carbocycles. The van der Waals surface area contributed by atoms with Gasteiger partial charge in [0.2, 0.25) is 0 Å². The molecule has 5 rings (SSSR count). The molecule has 1 saturated carbocycles. The van der Waals surface area contributed by atoms with Gasteiger partial charge in [0.15, 0.2) is 0 Å². The predicted molar refractivity (Wildman–Crippen MR) is 151 cm³/mol. The number of nitrogens with zero attached hydrogens (tertiary/aromatic N) is 1. The number of unbranched alkanes of at least 4 members (excludes halogenated alkanes) is 1. The van der Waals surface area contributed by atoms with Crippen molar-refractivity contribution in [1.29, 1.82) is 0 Å². The van der Waals surface area contributed by atoms with E-state index in [1.54, 1.807) is 0 Å². The van der Waals surface area contributed by atoms with Crippen LogP contribution in [-0.4, -0.2) is 43.3 Å². The molecule has 7 heteroatoms. The molecule has 0 aromatic heterocycles. The van der Waals surface area contributed by atoms with Gasteiger partial charge in [-0.05, 0) is 76.7 Å². The highest BCUT2D eigenvalue weighted by Gasteiger charge is 2.55. The van der Waals surface area contributed by atoms with Gasteiger partial charge in [-0.2, -0.15) is 0 Å². The SMILES string of the molecule is CCCCOc1cc2c(c(Br)c1NCCN)C[C@H]1C3CCCC[C@@]23CCN1C(=O)OCc1ccccc1. The van der Waals surface area contributed by atoms with Crippen LogP contribution in [0.15, 0.2) is 40.9 Å². The molecule has 1 aliphatic heterocycles. The third-order valence-corrected chi connectivity index (χ3v) is 9.56. The zero-order valence-electron chi connectivity index (χ0n) is 21.9. The number of hydrogen-bond donors (Lipinski definition) is 2. The molecule has 2 aromatic carbocycles. The Morgan fingerprint density at radius 3 is 2.86 bits per heavy atom. The summed E-state index contributed by atoms with van der Waals surface area (Å²) in [4.78, 5) is 15.4. The van der Waals surface area contributed by atoms with Crippen LogP contribution in [-0.2, 0) is 23.2 Å². The summed E-state index contributed by atoms with van der Waals surface area (Å²) in [5.74, 6) is 1.37. The van der Waals surface area contributed by atoms with E-state index in [4.69, 9.17) is 15.2 Å². The third kappa shape index (κ3) is 5.09. The van der Waals surface area contributed by atoms with Crippen molar-refractivity contribution >= 4 is 27.7 Å². The third-order valence-electron chi connectivity index (χ3n) is 8.68. The maximum Gasteiger partial charge on any atom is 0.410 e. The van der Waals surface area contributed by atoms with Crippen molar-refractivity contribution in [2.75, 3.05) is 31.6 Å². The molecular weight excluding hydrogens is 530 g/mol. The summed E-state index contributed by atoms with van der Waals surface area (Å²) in [5.41, 5.74) is 10.7. The number of carbonyl (C=O) groups excluding carboxylic acids is 1. The number of fused-ring (bicyclic) bond motifs is 1. The molecule has 37 heavy (non-hydrogen) atoms. The number of likely N-dealkylation sites (tertiary alicyclic amines) is 1. The Morgan fingerprint density at radius 1 is 1.24 bits per heavy atom. The monoisotopic (exact) mass is 569 g/mol. The number of halogens is 1. The van der Waals surface area contributed by atoms with E-state index in [1.165, 1.54) is 30.4 Å². The summed E-state index contributed by atoms with van der Waals surface area (Å²) >= 11 is 3.98. The Labute approximate surface area is 229 Å². The van der Waals surface area contributed by atoms with Gasteiger partial charge < -0.3 is 25.4 Å². The Morgan fingerprint density at radius 2 is 2.08 bits per heavy atom. The summed E-state index contributed by atoms with van der Waals surface area (Å²) < 4.78 is 13.3. The molecule has 3 aliphatic rings. The topological polar surface area (TPSA) is 76.8 Å². The molecule has 1 unspecified atom stereocenters. The zero-order valence-corrected chi connectivity index (χ0v) is 23.5. The van der Waals surface area contributed by atoms with E-state index < -0.39 is 0 Å². The molecule has 3 N–H and O–H groups in total. The maximum atomic E-state index is 13.4. The molecule has 6 nitrogen and oxygen atoms in total. The predicted octanol–water partition coefficient (Wildman–Crippen LogP) is 6.39. The first-order valence-electron chi connectivity index (χ1n) is 14.0. The van der Waals surface area contributed by atoms with Crippen LogP contribution < -0.4 is 15.8 Å². The number of anilines is 1. The number of hydrogen-bond acceptors (Lipinski definition) is 5. The average Bonchev–Trinajstić information content (AvgIpc) is 2.93. The van der Waals surface area contributed by atoms with E-state index in [-0.39, 0.29) is 17.6 Å². The zero-order chi connectivity index (χ0) is 25.8. The summed E-state index contributed by atoms with van der Waals surface area (Å²) in [6.07, 6.45) is 8.53. The molecular formula is C30H40BrN3O3. The number of nitrogens with one attached hydrogen (secondary N) is 1. The standard InChI is InChI=1S/C30H40BrN3O3/c1-2-3-17-36-26-19-24-22(27(31)28(26)33-15-14-32)18-25-23-11-7-8-12-30(23,24)13-16-34(25)29(35)37-20-21-9-5-4-6-10-21/h4-6,9-10,19,23,25,33H,2-3,7-8,11-18,20,32H2,1H3/t23?,25-,30-/m0/s1. The fourth-order valence-electron chi connectivity index (χ4n) is 6.91. The first-order chi connectivity index (χ1) is 18.1. The van der Waals surface area contributed by atoms with Gasteiger partial charge in [-0.3, -0.25) is 0 Å². The van der Waals surface area contributed by atoms with Crippen LogP contribution in [0, 0.1) is 5.92 Å². The molecule has 1 heterocycles. The summed E-state index contributed by atoms with van der Waals surface area (Å²) in [7, 11) is 0. The Balaban J connectivity index is 1.48. The minimum Gasteiger partial charge on any atom is -0.491 e. The second-order valence-electron chi connectivity index (χ2n) is 10.8. The molecule has 1 saturated heterocycles. The van der Waals surface area contributed by atoms with Crippen LogP contribution in [0.3, 0.4) is 0 Å². The minimum atomic E-state index is -0.186. The smallest absolute Gasteiger partial charge is 0.410 e. The molecule has 3 atom stereocenters. The molecule has 2 aromatic rings. The van der Waals surface area contributed by atoms with Crippen molar-refractivity contribution in [2.45, 2.75) is 76.4 Å². The lowest BCUT2D eigenvalue weighted by Gasteiger charge is -2.58. The van der Waals surface area contributed by atoms with Crippen LogP contribution in [0.4, 0.5) is 10.5 Å². The lowest BCUT2D eigenvalue weighted by atomic mass is 9.52. The van der Waals surface area contributed by atoms with Crippen molar-refractivity contribution in [2.24, 2.45) is 11.7 Å².